The zero-order chi connectivity index (χ0) is 51.8. The number of carbonyl (C=O) groups excluding carboxylic acids is 3. The molecule has 6 atom stereocenters. The Balaban J connectivity index is 2.74. The first-order valence-electron chi connectivity index (χ1n) is 28.3. The van der Waals surface area contributed by atoms with E-state index >= 15 is 0 Å². The van der Waals surface area contributed by atoms with Gasteiger partial charge in [0.25, 0.3) is 0 Å². The maximum absolute atomic E-state index is 13.1. The van der Waals surface area contributed by atoms with Gasteiger partial charge in [-0.2, -0.15) is 0 Å². The zero-order valence-electron chi connectivity index (χ0n) is 44.7. The number of carbonyl (C=O) groups is 4. The summed E-state index contributed by atoms with van der Waals surface area (Å²) in [6, 6.07) is 0. The molecule has 1 saturated heterocycles. The molecule has 1 rings (SSSR count). The third kappa shape index (κ3) is 37.8. The second-order valence-corrected chi connectivity index (χ2v) is 19.2. The smallest absolute Gasteiger partial charge is 0.335 e. The van der Waals surface area contributed by atoms with Gasteiger partial charge in [0.15, 0.2) is 24.6 Å². The van der Waals surface area contributed by atoms with E-state index in [0.717, 1.165) is 116 Å². The number of aliphatic carboxylic acids is 1. The van der Waals surface area contributed by atoms with E-state index in [2.05, 4.69) is 81.5 Å². The van der Waals surface area contributed by atoms with E-state index in [-0.39, 0.29) is 25.9 Å². The van der Waals surface area contributed by atoms with Gasteiger partial charge in [0.1, 0.15) is 18.8 Å². The van der Waals surface area contributed by atoms with Crippen molar-refractivity contribution in [3.05, 3.63) is 60.8 Å². The molecule has 0 amide bonds. The van der Waals surface area contributed by atoms with Crippen LogP contribution in [0.1, 0.15) is 239 Å². The van der Waals surface area contributed by atoms with E-state index in [1.165, 1.54) is 64.2 Å². The van der Waals surface area contributed by atoms with Gasteiger partial charge in [0.05, 0.1) is 6.61 Å². The number of allylic oxidation sites excluding steroid dienone is 10. The Kier molecular flexibility index (Phi) is 43.7. The Bertz CT molecular complexity index is 1470. The van der Waals surface area contributed by atoms with Gasteiger partial charge in [0.2, 0.25) is 0 Å². The van der Waals surface area contributed by atoms with Crippen molar-refractivity contribution in [3.63, 3.8) is 0 Å². The highest BCUT2D eigenvalue weighted by atomic mass is 16.7. The molecular weight excluding hydrogens is 901 g/mol. The Hall–Kier alpha value is -3.58. The Morgan fingerprint density at radius 3 is 1.39 bits per heavy atom. The average Bonchev–Trinajstić information content (AvgIpc) is 3.35. The summed E-state index contributed by atoms with van der Waals surface area (Å²) in [6.45, 7) is 5.81. The summed E-state index contributed by atoms with van der Waals surface area (Å²) in [5, 5.41) is 31.4. The molecule has 0 bridgehead atoms. The molecule has 0 aromatic carbocycles. The summed E-state index contributed by atoms with van der Waals surface area (Å²) < 4.78 is 28.3. The van der Waals surface area contributed by atoms with Crippen LogP contribution in [0.2, 0.25) is 0 Å². The summed E-state index contributed by atoms with van der Waals surface area (Å²) in [6.07, 6.45) is 44.9. The molecule has 0 radical (unpaired) electrons. The lowest BCUT2D eigenvalue weighted by Crippen LogP contribution is -2.61. The van der Waals surface area contributed by atoms with Crippen LogP contribution in [0.5, 0.6) is 0 Å². The molecular formula is C59H100O12. The lowest BCUT2D eigenvalue weighted by Gasteiger charge is -2.40. The molecule has 12 nitrogen and oxygen atoms in total. The molecule has 12 heteroatoms. The van der Waals surface area contributed by atoms with Crippen molar-refractivity contribution >= 4 is 23.9 Å². The number of hydrogen-bond donors (Lipinski definition) is 3. The van der Waals surface area contributed by atoms with Gasteiger partial charge in [-0.05, 0) is 103 Å². The van der Waals surface area contributed by atoms with E-state index < -0.39 is 67.3 Å². The summed E-state index contributed by atoms with van der Waals surface area (Å²) in [7, 11) is 0. The molecule has 1 aliphatic rings. The second-order valence-electron chi connectivity index (χ2n) is 19.2. The highest BCUT2D eigenvalue weighted by Crippen LogP contribution is 2.26. The molecule has 0 aliphatic carbocycles. The summed E-state index contributed by atoms with van der Waals surface area (Å²) in [5.74, 6) is -3.18. The fourth-order valence-corrected chi connectivity index (χ4v) is 8.19. The van der Waals surface area contributed by atoms with Crippen molar-refractivity contribution < 1.29 is 58.2 Å². The lowest BCUT2D eigenvalue weighted by molar-refractivity contribution is -0.301. The normalized spacial score (nSPS) is 18.9. The first-order valence-corrected chi connectivity index (χ1v) is 28.3. The van der Waals surface area contributed by atoms with Crippen LogP contribution >= 0.6 is 0 Å². The predicted molar refractivity (Wildman–Crippen MR) is 285 cm³/mol. The van der Waals surface area contributed by atoms with Gasteiger partial charge in [-0.1, -0.05) is 178 Å². The van der Waals surface area contributed by atoms with Gasteiger partial charge >= 0.3 is 23.9 Å². The molecule has 0 aromatic heterocycles. The van der Waals surface area contributed by atoms with Crippen molar-refractivity contribution in [2.75, 3.05) is 13.2 Å². The average molecular weight is 1000 g/mol. The number of hydrogen-bond acceptors (Lipinski definition) is 11. The maximum atomic E-state index is 13.1. The third-order valence-electron chi connectivity index (χ3n) is 12.5. The SMILES string of the molecule is CC/C=C\C/C=C\C/C=C\CCCCCC(=O)OC(COC(=O)CCCCCCC/C=C\CCCCCCCC)COC1OC(C(=O)O)C(O)C(O)C1OC(=O)CCCCCCC/C=C\CCCCCC. The zero-order valence-corrected chi connectivity index (χ0v) is 44.7. The molecule has 0 saturated carbocycles. The van der Waals surface area contributed by atoms with E-state index in [4.69, 9.17) is 23.7 Å². The van der Waals surface area contributed by atoms with Gasteiger partial charge in [0, 0.05) is 19.3 Å². The molecule has 1 heterocycles. The maximum Gasteiger partial charge on any atom is 0.335 e. The topological polar surface area (TPSA) is 175 Å². The van der Waals surface area contributed by atoms with Crippen LogP contribution < -0.4 is 0 Å². The Labute approximate surface area is 430 Å². The fraction of sp³-hybridized carbons (Fsp3) is 0.763. The number of rotatable bonds is 47. The quantitative estimate of drug-likeness (QED) is 0.0228. The van der Waals surface area contributed by atoms with E-state index in [9.17, 15) is 34.5 Å². The van der Waals surface area contributed by atoms with Crippen LogP contribution in [0.15, 0.2) is 60.8 Å². The number of aliphatic hydroxyl groups is 2. The summed E-state index contributed by atoms with van der Waals surface area (Å²) in [5.41, 5.74) is 0. The number of carboxylic acids is 1. The molecule has 71 heavy (non-hydrogen) atoms. The number of aliphatic hydroxyl groups excluding tert-OH is 2. The van der Waals surface area contributed by atoms with Gasteiger partial charge in [-0.15, -0.1) is 0 Å². The largest absolute Gasteiger partial charge is 0.479 e. The van der Waals surface area contributed by atoms with Crippen molar-refractivity contribution in [1.82, 2.24) is 0 Å². The molecule has 408 valence electrons. The van der Waals surface area contributed by atoms with Gasteiger partial charge in [-0.25, -0.2) is 4.79 Å². The monoisotopic (exact) mass is 1000 g/mol. The van der Waals surface area contributed by atoms with Crippen LogP contribution in [0.25, 0.3) is 0 Å². The van der Waals surface area contributed by atoms with Crippen LogP contribution in [0.4, 0.5) is 0 Å². The van der Waals surface area contributed by atoms with Gasteiger partial charge in [-0.3, -0.25) is 14.4 Å². The third-order valence-corrected chi connectivity index (χ3v) is 12.5. The van der Waals surface area contributed by atoms with Crippen LogP contribution in [0.3, 0.4) is 0 Å². The minimum absolute atomic E-state index is 0.0454. The first kappa shape index (κ1) is 65.4. The fourth-order valence-electron chi connectivity index (χ4n) is 8.19. The van der Waals surface area contributed by atoms with Crippen molar-refractivity contribution in [1.29, 1.82) is 0 Å². The minimum atomic E-state index is -1.91. The molecule has 3 N–H and O–H groups in total. The van der Waals surface area contributed by atoms with E-state index in [1.807, 2.05) is 0 Å². The molecule has 0 aromatic rings. The van der Waals surface area contributed by atoms with Crippen molar-refractivity contribution in [2.45, 2.75) is 276 Å². The van der Waals surface area contributed by atoms with Crippen LogP contribution in [-0.2, 0) is 42.9 Å². The second kappa shape index (κ2) is 47.4. The molecule has 1 aliphatic heterocycles. The standard InChI is InChI=1S/C59H100O12/c1-4-7-10-13-16-19-22-25-26-29-30-33-36-39-42-45-51(60)67-48-50(69-52(61)46-43-40-37-34-31-27-23-20-17-14-11-8-5-2)49-68-59-57(55(64)54(63)56(71-59)58(65)66)70-53(62)47-44-41-38-35-32-28-24-21-18-15-12-9-6-3/h8,11,17,20-21,24-27,31,50,54-57,59,63-64H,4-7,9-10,12-16,18-19,22-23,28-30,32-49H2,1-3H3,(H,65,66)/b11-8-,20-17-,24-21-,26-25-,31-27-. The molecule has 6 unspecified atom stereocenters. The number of unbranched alkanes of at least 4 members (excludes halogenated alkanes) is 23. The summed E-state index contributed by atoms with van der Waals surface area (Å²) in [4.78, 5) is 51.0. The van der Waals surface area contributed by atoms with E-state index in [0.29, 0.717) is 19.3 Å². The highest BCUT2D eigenvalue weighted by molar-refractivity contribution is 5.74. The molecule has 1 fully saturated rings. The van der Waals surface area contributed by atoms with Crippen molar-refractivity contribution in [2.24, 2.45) is 0 Å². The lowest BCUT2D eigenvalue weighted by atomic mass is 9.98. The number of carboxylic acid groups (broad SMARTS) is 1. The minimum Gasteiger partial charge on any atom is -0.479 e. The number of esters is 3. The van der Waals surface area contributed by atoms with Crippen LogP contribution in [-0.4, -0.2) is 89.2 Å². The van der Waals surface area contributed by atoms with Crippen LogP contribution in [0, 0.1) is 0 Å². The van der Waals surface area contributed by atoms with E-state index in [1.54, 1.807) is 0 Å². The number of ether oxygens (including phenoxy) is 5. The van der Waals surface area contributed by atoms with Crippen molar-refractivity contribution in [3.8, 4) is 0 Å². The Morgan fingerprint density at radius 2 is 0.887 bits per heavy atom. The highest BCUT2D eigenvalue weighted by Gasteiger charge is 2.50. The molecule has 0 spiro atoms. The Morgan fingerprint density at radius 1 is 0.479 bits per heavy atom. The first-order chi connectivity index (χ1) is 34.6. The summed E-state index contributed by atoms with van der Waals surface area (Å²) >= 11 is 0. The van der Waals surface area contributed by atoms with Gasteiger partial charge < -0.3 is 39.0 Å². The predicted octanol–water partition coefficient (Wildman–Crippen LogP) is 14.0.